The molecule has 4 rings (SSSR count). The Bertz CT molecular complexity index is 1090. The lowest BCUT2D eigenvalue weighted by molar-refractivity contribution is -0.144. The van der Waals surface area contributed by atoms with Gasteiger partial charge in [-0.05, 0) is 41.0 Å². The second kappa shape index (κ2) is 9.25. The standard InChI is InChI=1S/C24H20Br2N2O2/c1-30-23(16-7-3-2-4-8-16)24(29)28-22(18-10-6-12-20(26)14-18)15-21(27-28)17-9-5-11-19(25)13-17/h2-14,22-23H,15H2,1H3/t22-,23-/m0/s1. The predicted molar refractivity (Wildman–Crippen MR) is 125 cm³/mol. The van der Waals surface area contributed by atoms with E-state index in [1.54, 1.807) is 12.1 Å². The van der Waals surface area contributed by atoms with Crippen molar-refractivity contribution in [1.29, 1.82) is 0 Å². The summed E-state index contributed by atoms with van der Waals surface area (Å²) in [5.41, 5.74) is 3.70. The first-order chi connectivity index (χ1) is 14.6. The Hall–Kier alpha value is -2.28. The van der Waals surface area contributed by atoms with Crippen LogP contribution in [0, 0.1) is 0 Å². The van der Waals surface area contributed by atoms with E-state index in [2.05, 4.69) is 31.9 Å². The first-order valence-corrected chi connectivity index (χ1v) is 11.1. The van der Waals surface area contributed by atoms with Crippen LogP contribution in [0.5, 0.6) is 0 Å². The van der Waals surface area contributed by atoms with Gasteiger partial charge in [0, 0.05) is 22.5 Å². The third-order valence-corrected chi connectivity index (χ3v) is 6.08. The molecule has 0 fully saturated rings. The van der Waals surface area contributed by atoms with Crippen LogP contribution in [0.4, 0.5) is 0 Å². The number of ether oxygens (including phenoxy) is 1. The molecular weight excluding hydrogens is 508 g/mol. The average molecular weight is 528 g/mol. The Balaban J connectivity index is 1.74. The maximum absolute atomic E-state index is 13.6. The van der Waals surface area contributed by atoms with Gasteiger partial charge in [0.1, 0.15) is 0 Å². The summed E-state index contributed by atoms with van der Waals surface area (Å²) >= 11 is 7.07. The molecule has 2 atom stereocenters. The summed E-state index contributed by atoms with van der Waals surface area (Å²) in [4.78, 5) is 13.6. The van der Waals surface area contributed by atoms with E-state index in [0.717, 1.165) is 31.3 Å². The third kappa shape index (κ3) is 4.41. The van der Waals surface area contributed by atoms with Crippen LogP contribution >= 0.6 is 31.9 Å². The van der Waals surface area contributed by atoms with Crippen LogP contribution in [-0.2, 0) is 9.53 Å². The van der Waals surface area contributed by atoms with Crippen molar-refractivity contribution in [2.75, 3.05) is 7.11 Å². The number of nitrogens with zero attached hydrogens (tertiary/aromatic N) is 2. The minimum atomic E-state index is -0.716. The van der Waals surface area contributed by atoms with Crippen LogP contribution in [0.3, 0.4) is 0 Å². The molecule has 1 aliphatic heterocycles. The molecule has 0 saturated heterocycles. The minimum Gasteiger partial charge on any atom is -0.367 e. The molecule has 152 valence electrons. The largest absolute Gasteiger partial charge is 0.367 e. The van der Waals surface area contributed by atoms with Crippen LogP contribution < -0.4 is 0 Å². The first-order valence-electron chi connectivity index (χ1n) is 9.56. The third-order valence-electron chi connectivity index (χ3n) is 5.09. The summed E-state index contributed by atoms with van der Waals surface area (Å²) in [6.07, 6.45) is -0.0874. The topological polar surface area (TPSA) is 41.9 Å². The number of hydrogen-bond acceptors (Lipinski definition) is 3. The van der Waals surface area contributed by atoms with E-state index in [9.17, 15) is 4.79 Å². The number of halogens is 2. The molecule has 0 radical (unpaired) electrons. The maximum Gasteiger partial charge on any atom is 0.276 e. The van der Waals surface area contributed by atoms with Crippen molar-refractivity contribution in [3.63, 3.8) is 0 Å². The van der Waals surface area contributed by atoms with Gasteiger partial charge < -0.3 is 4.74 Å². The highest BCUT2D eigenvalue weighted by Gasteiger charge is 2.37. The summed E-state index contributed by atoms with van der Waals surface area (Å²) < 4.78 is 7.55. The monoisotopic (exact) mass is 526 g/mol. The average Bonchev–Trinajstić information content (AvgIpc) is 3.21. The number of carbonyl (C=O) groups excluding carboxylic acids is 1. The van der Waals surface area contributed by atoms with E-state index in [1.165, 1.54) is 0 Å². The van der Waals surface area contributed by atoms with Gasteiger partial charge in [-0.1, -0.05) is 86.5 Å². The van der Waals surface area contributed by atoms with Gasteiger partial charge >= 0.3 is 0 Å². The molecule has 30 heavy (non-hydrogen) atoms. The zero-order chi connectivity index (χ0) is 21.1. The van der Waals surface area contributed by atoms with Crippen LogP contribution in [0.15, 0.2) is 92.9 Å². The highest BCUT2D eigenvalue weighted by atomic mass is 79.9. The zero-order valence-electron chi connectivity index (χ0n) is 16.3. The molecule has 0 bridgehead atoms. The second-order valence-electron chi connectivity index (χ2n) is 7.04. The van der Waals surface area contributed by atoms with E-state index in [1.807, 2.05) is 78.9 Å². The molecule has 0 N–H and O–H groups in total. The predicted octanol–water partition coefficient (Wildman–Crippen LogP) is 6.28. The first kappa shape index (κ1) is 21.0. The van der Waals surface area contributed by atoms with Crippen LogP contribution in [0.2, 0.25) is 0 Å². The Labute approximate surface area is 192 Å². The molecule has 6 heteroatoms. The fourth-order valence-electron chi connectivity index (χ4n) is 3.66. The SMILES string of the molecule is CO[C@H](C(=O)N1N=C(c2cccc(Br)c2)C[C@H]1c1cccc(Br)c1)c1ccccc1. The van der Waals surface area contributed by atoms with E-state index in [-0.39, 0.29) is 11.9 Å². The smallest absolute Gasteiger partial charge is 0.276 e. The van der Waals surface area contributed by atoms with Gasteiger partial charge in [0.25, 0.3) is 5.91 Å². The van der Waals surface area contributed by atoms with Crippen molar-refractivity contribution in [2.45, 2.75) is 18.6 Å². The van der Waals surface area contributed by atoms with Crippen molar-refractivity contribution in [2.24, 2.45) is 5.10 Å². The number of carbonyl (C=O) groups is 1. The fourth-order valence-corrected chi connectivity index (χ4v) is 4.47. The van der Waals surface area contributed by atoms with E-state index < -0.39 is 6.10 Å². The summed E-state index contributed by atoms with van der Waals surface area (Å²) in [5, 5.41) is 6.35. The van der Waals surface area contributed by atoms with Gasteiger partial charge in [0.2, 0.25) is 0 Å². The minimum absolute atomic E-state index is 0.182. The highest BCUT2D eigenvalue weighted by Crippen LogP contribution is 2.36. The number of methoxy groups -OCH3 is 1. The molecule has 0 aromatic heterocycles. The molecule has 3 aromatic rings. The van der Waals surface area contributed by atoms with Crippen molar-refractivity contribution in [3.05, 3.63) is 104 Å². The normalized spacial score (nSPS) is 17.0. The summed E-state index contributed by atoms with van der Waals surface area (Å²) in [6, 6.07) is 25.3. The van der Waals surface area contributed by atoms with E-state index in [0.29, 0.717) is 6.42 Å². The molecule has 3 aromatic carbocycles. The highest BCUT2D eigenvalue weighted by molar-refractivity contribution is 9.10. The van der Waals surface area contributed by atoms with Crippen LogP contribution in [0.25, 0.3) is 0 Å². The lowest BCUT2D eigenvalue weighted by Crippen LogP contribution is -2.32. The van der Waals surface area contributed by atoms with Gasteiger partial charge in [0.05, 0.1) is 11.8 Å². The Morgan fingerprint density at radius 2 is 1.70 bits per heavy atom. The van der Waals surface area contributed by atoms with Gasteiger partial charge in [-0.15, -0.1) is 0 Å². The Morgan fingerprint density at radius 3 is 2.37 bits per heavy atom. The quantitative estimate of drug-likeness (QED) is 0.392. The Kier molecular flexibility index (Phi) is 6.46. The fraction of sp³-hybridized carbons (Fsp3) is 0.167. The van der Waals surface area contributed by atoms with E-state index in [4.69, 9.17) is 9.84 Å². The number of benzene rings is 3. The van der Waals surface area contributed by atoms with Gasteiger partial charge in [-0.25, -0.2) is 5.01 Å². The number of hydrazone groups is 1. The lowest BCUT2D eigenvalue weighted by Gasteiger charge is -2.26. The van der Waals surface area contributed by atoms with Crippen molar-refractivity contribution in [3.8, 4) is 0 Å². The molecule has 1 aliphatic rings. The van der Waals surface area contributed by atoms with Crippen LogP contribution in [0.1, 0.15) is 35.3 Å². The van der Waals surface area contributed by atoms with Crippen molar-refractivity contribution < 1.29 is 9.53 Å². The molecule has 1 amide bonds. The lowest BCUT2D eigenvalue weighted by atomic mass is 9.98. The molecule has 0 saturated carbocycles. The zero-order valence-corrected chi connectivity index (χ0v) is 19.5. The number of amides is 1. The van der Waals surface area contributed by atoms with Gasteiger partial charge in [-0.3, -0.25) is 4.79 Å². The molecule has 1 heterocycles. The van der Waals surface area contributed by atoms with Crippen molar-refractivity contribution in [1.82, 2.24) is 5.01 Å². The van der Waals surface area contributed by atoms with E-state index >= 15 is 0 Å². The van der Waals surface area contributed by atoms with Crippen LogP contribution in [-0.4, -0.2) is 23.7 Å². The summed E-state index contributed by atoms with van der Waals surface area (Å²) in [5.74, 6) is -0.182. The Morgan fingerprint density at radius 1 is 1.00 bits per heavy atom. The molecular formula is C24H20Br2N2O2. The van der Waals surface area contributed by atoms with Gasteiger partial charge in [-0.2, -0.15) is 5.10 Å². The maximum atomic E-state index is 13.6. The molecule has 4 nitrogen and oxygen atoms in total. The molecule has 0 unspecified atom stereocenters. The van der Waals surface area contributed by atoms with Crippen molar-refractivity contribution >= 4 is 43.5 Å². The van der Waals surface area contributed by atoms with Gasteiger partial charge in [0.15, 0.2) is 6.10 Å². The second-order valence-corrected chi connectivity index (χ2v) is 8.87. The summed E-state index contributed by atoms with van der Waals surface area (Å²) in [6.45, 7) is 0. The summed E-state index contributed by atoms with van der Waals surface area (Å²) in [7, 11) is 1.55. The molecule has 0 spiro atoms. The molecule has 0 aliphatic carbocycles. The number of rotatable bonds is 5. The number of hydrogen-bond donors (Lipinski definition) is 0.